The number of amides is 3. The Hall–Kier alpha value is -2.79. The maximum Gasteiger partial charge on any atom is 0.320 e. The summed E-state index contributed by atoms with van der Waals surface area (Å²) in [4.78, 5) is 28.0. The number of benzene rings is 2. The number of hydrogen-bond acceptors (Lipinski definition) is 7. The fourth-order valence-corrected chi connectivity index (χ4v) is 5.88. The molecule has 10 heteroatoms. The van der Waals surface area contributed by atoms with E-state index in [1.165, 1.54) is 4.91 Å². The Morgan fingerprint density at radius 2 is 1.87 bits per heavy atom. The van der Waals surface area contributed by atoms with Gasteiger partial charge in [-0.05, 0) is 22.5 Å². The van der Waals surface area contributed by atoms with Gasteiger partial charge in [0.1, 0.15) is 17.2 Å². The lowest BCUT2D eigenvalue weighted by molar-refractivity contribution is -0.119. The normalized spacial score (nSPS) is 20.2. The SMILES string of the molecule is CC(C)(C)C1=CCC(CNC(=O)CN)(NC(=O)Nc2ccc(OCCN3CCOCC3)c3ccccc23)S1. The fraction of sp³-hybridized carbons (Fsp3) is 0.500. The average molecular weight is 542 g/mol. The number of carbonyl (C=O) groups excluding carboxylic acids is 2. The molecule has 1 fully saturated rings. The third-order valence-corrected chi connectivity index (χ3v) is 8.46. The summed E-state index contributed by atoms with van der Waals surface area (Å²) in [6, 6.07) is 11.3. The van der Waals surface area contributed by atoms with E-state index in [1.54, 1.807) is 11.8 Å². The quantitative estimate of drug-likeness (QED) is 0.384. The van der Waals surface area contributed by atoms with Gasteiger partial charge in [0.05, 0.1) is 32.0 Å². The highest BCUT2D eigenvalue weighted by atomic mass is 32.2. The third kappa shape index (κ3) is 7.19. The number of nitrogens with one attached hydrogen (secondary N) is 3. The van der Waals surface area contributed by atoms with E-state index >= 15 is 0 Å². The predicted molar refractivity (Wildman–Crippen MR) is 153 cm³/mol. The summed E-state index contributed by atoms with van der Waals surface area (Å²) in [7, 11) is 0. The number of nitrogens with zero attached hydrogens (tertiary/aromatic N) is 1. The predicted octanol–water partition coefficient (Wildman–Crippen LogP) is 3.51. The molecule has 0 aliphatic carbocycles. The van der Waals surface area contributed by atoms with Crippen LogP contribution in [0.2, 0.25) is 0 Å². The van der Waals surface area contributed by atoms with Crippen molar-refractivity contribution < 1.29 is 19.1 Å². The number of morpholine rings is 1. The summed E-state index contributed by atoms with van der Waals surface area (Å²) >= 11 is 1.59. The van der Waals surface area contributed by atoms with Gasteiger partial charge in [-0.15, -0.1) is 0 Å². The van der Waals surface area contributed by atoms with Gasteiger partial charge >= 0.3 is 6.03 Å². The molecule has 38 heavy (non-hydrogen) atoms. The van der Waals surface area contributed by atoms with Gasteiger partial charge in [0, 0.05) is 36.8 Å². The Morgan fingerprint density at radius 3 is 2.55 bits per heavy atom. The molecule has 1 saturated heterocycles. The van der Waals surface area contributed by atoms with E-state index in [0.717, 1.165) is 49.4 Å². The second-order valence-electron chi connectivity index (χ2n) is 10.6. The smallest absolute Gasteiger partial charge is 0.320 e. The van der Waals surface area contributed by atoms with Gasteiger partial charge in [0.15, 0.2) is 0 Å². The molecule has 1 atom stereocenters. The number of urea groups is 1. The first-order chi connectivity index (χ1) is 18.2. The van der Waals surface area contributed by atoms with Crippen molar-refractivity contribution in [1.82, 2.24) is 15.5 Å². The highest BCUT2D eigenvalue weighted by Gasteiger charge is 2.40. The molecule has 3 amide bonds. The van der Waals surface area contributed by atoms with Crippen LogP contribution in [-0.4, -0.2) is 74.3 Å². The first kappa shape index (κ1) is 28.2. The summed E-state index contributed by atoms with van der Waals surface area (Å²) in [5.74, 6) is 0.526. The van der Waals surface area contributed by atoms with Gasteiger partial charge in [0.25, 0.3) is 0 Å². The Morgan fingerprint density at radius 1 is 1.13 bits per heavy atom. The van der Waals surface area contributed by atoms with Crippen LogP contribution in [-0.2, 0) is 9.53 Å². The zero-order chi connectivity index (χ0) is 27.2. The standard InChI is InChI=1S/C28H39N5O4S/c1-27(2,3)24-10-11-28(38-24,19-30-25(34)18-29)32-26(35)31-22-8-9-23(21-7-5-4-6-20(21)22)37-17-14-33-12-15-36-16-13-33/h4-10H,11-19,29H2,1-3H3,(H,30,34)(H2,31,32,35). The molecule has 0 radical (unpaired) electrons. The molecule has 9 nitrogen and oxygen atoms in total. The average Bonchev–Trinajstić information content (AvgIpc) is 3.34. The van der Waals surface area contributed by atoms with Gasteiger partial charge in [-0.2, -0.15) is 0 Å². The van der Waals surface area contributed by atoms with Crippen LogP contribution in [0.25, 0.3) is 10.8 Å². The highest BCUT2D eigenvalue weighted by Crippen LogP contribution is 2.48. The van der Waals surface area contributed by atoms with Gasteiger partial charge in [-0.1, -0.05) is 62.9 Å². The minimum atomic E-state index is -0.699. The minimum Gasteiger partial charge on any atom is -0.492 e. The Kier molecular flexibility index (Phi) is 9.19. The van der Waals surface area contributed by atoms with E-state index in [2.05, 4.69) is 47.7 Å². The minimum absolute atomic E-state index is 0.0593. The van der Waals surface area contributed by atoms with E-state index in [9.17, 15) is 9.59 Å². The lowest BCUT2D eigenvalue weighted by Gasteiger charge is -2.32. The molecular formula is C28H39N5O4S. The van der Waals surface area contributed by atoms with Crippen molar-refractivity contribution in [2.75, 3.05) is 57.9 Å². The molecule has 2 heterocycles. The first-order valence-corrected chi connectivity index (χ1v) is 13.9. The van der Waals surface area contributed by atoms with E-state index in [0.29, 0.717) is 18.7 Å². The first-order valence-electron chi connectivity index (χ1n) is 13.1. The van der Waals surface area contributed by atoms with Crippen LogP contribution >= 0.6 is 11.8 Å². The Balaban J connectivity index is 1.45. The van der Waals surface area contributed by atoms with Crippen molar-refractivity contribution in [2.24, 2.45) is 11.1 Å². The molecule has 2 aromatic carbocycles. The van der Waals surface area contributed by atoms with Gasteiger partial charge in [0.2, 0.25) is 5.91 Å². The van der Waals surface area contributed by atoms with Crippen LogP contribution in [0.1, 0.15) is 27.2 Å². The molecule has 2 aliphatic rings. The Labute approximate surface area is 228 Å². The molecule has 0 bridgehead atoms. The topological polar surface area (TPSA) is 118 Å². The van der Waals surface area contributed by atoms with Crippen LogP contribution in [0.4, 0.5) is 10.5 Å². The number of anilines is 1. The molecule has 1 unspecified atom stereocenters. The van der Waals surface area contributed by atoms with Crippen LogP contribution < -0.4 is 26.4 Å². The van der Waals surface area contributed by atoms with Crippen molar-refractivity contribution >= 4 is 40.2 Å². The maximum atomic E-state index is 13.3. The molecular weight excluding hydrogens is 502 g/mol. The van der Waals surface area contributed by atoms with Crippen LogP contribution in [0.15, 0.2) is 47.4 Å². The maximum absolute atomic E-state index is 13.3. The number of allylic oxidation sites excluding steroid dienone is 1. The molecule has 2 aliphatic heterocycles. The molecule has 0 saturated carbocycles. The van der Waals surface area contributed by atoms with Crippen LogP contribution in [0.3, 0.4) is 0 Å². The summed E-state index contributed by atoms with van der Waals surface area (Å²) in [5, 5.41) is 10.8. The molecule has 0 aromatic heterocycles. The summed E-state index contributed by atoms with van der Waals surface area (Å²) < 4.78 is 11.6. The number of ether oxygens (including phenoxy) is 2. The molecule has 2 aromatic rings. The van der Waals surface area contributed by atoms with E-state index in [4.69, 9.17) is 15.2 Å². The lowest BCUT2D eigenvalue weighted by atomic mass is 9.95. The fourth-order valence-electron chi connectivity index (χ4n) is 4.53. The zero-order valence-corrected chi connectivity index (χ0v) is 23.3. The van der Waals surface area contributed by atoms with E-state index < -0.39 is 4.87 Å². The van der Waals surface area contributed by atoms with Crippen molar-refractivity contribution in [3.63, 3.8) is 0 Å². The monoisotopic (exact) mass is 541 g/mol. The summed E-state index contributed by atoms with van der Waals surface area (Å²) in [6.45, 7) is 11.4. The summed E-state index contributed by atoms with van der Waals surface area (Å²) in [5.41, 5.74) is 6.11. The zero-order valence-electron chi connectivity index (χ0n) is 22.5. The largest absolute Gasteiger partial charge is 0.492 e. The van der Waals surface area contributed by atoms with Crippen LogP contribution in [0.5, 0.6) is 5.75 Å². The lowest BCUT2D eigenvalue weighted by Crippen LogP contribution is -2.54. The number of thioether (sulfide) groups is 1. The van der Waals surface area contributed by atoms with Gasteiger partial charge < -0.3 is 31.2 Å². The molecule has 5 N–H and O–H groups in total. The van der Waals surface area contributed by atoms with Crippen molar-refractivity contribution in [3.05, 3.63) is 47.4 Å². The van der Waals surface area contributed by atoms with E-state index in [-0.39, 0.29) is 30.4 Å². The molecule has 4 rings (SSSR count). The van der Waals surface area contributed by atoms with Crippen molar-refractivity contribution in [3.8, 4) is 5.75 Å². The Bertz CT molecular complexity index is 1180. The van der Waals surface area contributed by atoms with Crippen LogP contribution in [0, 0.1) is 5.41 Å². The number of fused-ring (bicyclic) bond motifs is 1. The van der Waals surface area contributed by atoms with E-state index in [1.807, 2.05) is 36.4 Å². The van der Waals surface area contributed by atoms with Crippen molar-refractivity contribution in [2.45, 2.75) is 32.1 Å². The van der Waals surface area contributed by atoms with Gasteiger partial charge in [-0.25, -0.2) is 4.79 Å². The number of rotatable bonds is 9. The van der Waals surface area contributed by atoms with Gasteiger partial charge in [-0.3, -0.25) is 9.69 Å². The second-order valence-corrected chi connectivity index (χ2v) is 12.1. The molecule has 206 valence electrons. The molecule has 0 spiro atoms. The number of hydrogen-bond donors (Lipinski definition) is 4. The number of nitrogens with two attached hydrogens (primary N) is 1. The van der Waals surface area contributed by atoms with Crippen molar-refractivity contribution in [1.29, 1.82) is 0 Å². The second kappa shape index (κ2) is 12.4. The summed E-state index contributed by atoms with van der Waals surface area (Å²) in [6.07, 6.45) is 2.73. The third-order valence-electron chi connectivity index (χ3n) is 6.66. The number of carbonyl (C=O) groups is 2. The highest BCUT2D eigenvalue weighted by molar-refractivity contribution is 8.04.